The third-order valence-corrected chi connectivity index (χ3v) is 5.21. The minimum atomic E-state index is 0.310. The average Bonchev–Trinajstić information content (AvgIpc) is 3.10. The molecule has 0 bridgehead atoms. The fourth-order valence-electron chi connectivity index (χ4n) is 3.32. The number of nitrogens with one attached hydrogen (secondary N) is 1. The molecular formula is C15H22N4S. The summed E-state index contributed by atoms with van der Waals surface area (Å²) in [5.41, 5.74) is 2.75. The van der Waals surface area contributed by atoms with Gasteiger partial charge in [-0.2, -0.15) is 0 Å². The number of nitrogens with zero attached hydrogens (tertiary/aromatic N) is 3. The van der Waals surface area contributed by atoms with Crippen molar-refractivity contribution < 1.29 is 0 Å². The standard InChI is InChI=1S/C15H22N4S/c1-3-8-19-13(10-17-18-19)15(16-2)12-5-4-6-14-11(12)7-9-20-14/h7,9-10,12,15-16H,3-6,8H2,1-2H3. The molecule has 108 valence electrons. The van der Waals surface area contributed by atoms with Crippen LogP contribution in [0.4, 0.5) is 0 Å². The van der Waals surface area contributed by atoms with Crippen LogP contribution in [-0.2, 0) is 13.0 Å². The summed E-state index contributed by atoms with van der Waals surface area (Å²) in [5.74, 6) is 0.545. The van der Waals surface area contributed by atoms with Crippen LogP contribution < -0.4 is 5.32 Å². The zero-order valence-electron chi connectivity index (χ0n) is 12.2. The summed E-state index contributed by atoms with van der Waals surface area (Å²) in [6.45, 7) is 3.12. The minimum absolute atomic E-state index is 0.310. The molecule has 1 N–H and O–H groups in total. The SMILES string of the molecule is CCCn1nncc1C(NC)C1CCCc2sccc21. The highest BCUT2D eigenvalue weighted by Crippen LogP contribution is 2.41. The quantitative estimate of drug-likeness (QED) is 0.920. The molecule has 3 rings (SSSR count). The van der Waals surface area contributed by atoms with Crippen molar-refractivity contribution in [3.8, 4) is 0 Å². The summed E-state index contributed by atoms with van der Waals surface area (Å²) in [5, 5.41) is 14.1. The molecule has 2 atom stereocenters. The van der Waals surface area contributed by atoms with Gasteiger partial charge in [0.15, 0.2) is 0 Å². The molecular weight excluding hydrogens is 268 g/mol. The van der Waals surface area contributed by atoms with Crippen LogP contribution in [0.1, 0.15) is 54.3 Å². The van der Waals surface area contributed by atoms with E-state index >= 15 is 0 Å². The summed E-state index contributed by atoms with van der Waals surface area (Å²) >= 11 is 1.90. The lowest BCUT2D eigenvalue weighted by atomic mass is 9.81. The summed E-state index contributed by atoms with van der Waals surface area (Å²) in [7, 11) is 2.05. The first-order valence-corrected chi connectivity index (χ1v) is 8.35. The monoisotopic (exact) mass is 290 g/mol. The van der Waals surface area contributed by atoms with Crippen molar-refractivity contribution in [3.05, 3.63) is 33.8 Å². The number of hydrogen-bond donors (Lipinski definition) is 1. The number of aromatic nitrogens is 3. The van der Waals surface area contributed by atoms with Gasteiger partial charge in [0.1, 0.15) is 0 Å². The van der Waals surface area contributed by atoms with Crippen molar-refractivity contribution in [1.82, 2.24) is 20.3 Å². The Bertz CT molecular complexity index is 560. The molecule has 0 spiro atoms. The van der Waals surface area contributed by atoms with Crippen LogP contribution in [0.5, 0.6) is 0 Å². The van der Waals surface area contributed by atoms with Crippen LogP contribution in [0, 0.1) is 0 Å². The lowest BCUT2D eigenvalue weighted by molar-refractivity contribution is 0.397. The van der Waals surface area contributed by atoms with Crippen molar-refractivity contribution in [1.29, 1.82) is 0 Å². The predicted octanol–water partition coefficient (Wildman–Crippen LogP) is 3.13. The van der Waals surface area contributed by atoms with Crippen molar-refractivity contribution in [2.24, 2.45) is 0 Å². The van der Waals surface area contributed by atoms with E-state index in [2.05, 4.69) is 45.7 Å². The van der Waals surface area contributed by atoms with Gasteiger partial charge in [0.05, 0.1) is 17.9 Å². The topological polar surface area (TPSA) is 42.7 Å². The van der Waals surface area contributed by atoms with Gasteiger partial charge in [-0.15, -0.1) is 16.4 Å². The van der Waals surface area contributed by atoms with E-state index in [1.165, 1.54) is 30.5 Å². The fraction of sp³-hybridized carbons (Fsp3) is 0.600. The van der Waals surface area contributed by atoms with Crippen LogP contribution in [0.2, 0.25) is 0 Å². The summed E-state index contributed by atoms with van der Waals surface area (Å²) in [6, 6.07) is 2.62. The highest BCUT2D eigenvalue weighted by atomic mass is 32.1. The average molecular weight is 290 g/mol. The maximum atomic E-state index is 4.24. The Hall–Kier alpha value is -1.20. The second-order valence-corrected chi connectivity index (χ2v) is 6.45. The normalized spacial score (nSPS) is 19.8. The van der Waals surface area contributed by atoms with Crippen molar-refractivity contribution in [2.45, 2.75) is 51.1 Å². The molecule has 2 aromatic heterocycles. The minimum Gasteiger partial charge on any atom is -0.311 e. The van der Waals surface area contributed by atoms with Crippen molar-refractivity contribution in [3.63, 3.8) is 0 Å². The number of aryl methyl sites for hydroxylation is 2. The van der Waals surface area contributed by atoms with E-state index in [1.807, 2.05) is 17.5 Å². The van der Waals surface area contributed by atoms with Crippen LogP contribution >= 0.6 is 11.3 Å². The first kappa shape index (κ1) is 13.8. The van der Waals surface area contributed by atoms with E-state index < -0.39 is 0 Å². The van der Waals surface area contributed by atoms with Gasteiger partial charge in [-0.25, -0.2) is 4.68 Å². The molecule has 0 saturated carbocycles. The molecule has 0 radical (unpaired) electrons. The number of thiophene rings is 1. The van der Waals surface area contributed by atoms with Gasteiger partial charge < -0.3 is 5.32 Å². The third-order valence-electron chi connectivity index (χ3n) is 4.21. The van der Waals surface area contributed by atoms with E-state index in [1.54, 1.807) is 4.88 Å². The molecule has 2 unspecified atom stereocenters. The zero-order valence-corrected chi connectivity index (χ0v) is 13.0. The smallest absolute Gasteiger partial charge is 0.0762 e. The van der Waals surface area contributed by atoms with E-state index in [9.17, 15) is 0 Å². The van der Waals surface area contributed by atoms with Crippen LogP contribution in [0.15, 0.2) is 17.6 Å². The molecule has 0 aromatic carbocycles. The summed E-state index contributed by atoms with van der Waals surface area (Å²) in [6.07, 6.45) is 6.78. The second kappa shape index (κ2) is 6.06. The molecule has 4 nitrogen and oxygen atoms in total. The van der Waals surface area contributed by atoms with Gasteiger partial charge >= 0.3 is 0 Å². The Morgan fingerprint density at radius 1 is 1.55 bits per heavy atom. The number of rotatable bonds is 5. The lowest BCUT2D eigenvalue weighted by Gasteiger charge is -2.30. The van der Waals surface area contributed by atoms with Crippen LogP contribution in [0.3, 0.4) is 0 Å². The molecule has 0 amide bonds. The first-order valence-electron chi connectivity index (χ1n) is 7.47. The van der Waals surface area contributed by atoms with E-state index in [0.717, 1.165) is 13.0 Å². The third kappa shape index (κ3) is 2.40. The molecule has 1 aliphatic rings. The highest BCUT2D eigenvalue weighted by molar-refractivity contribution is 7.10. The Morgan fingerprint density at radius 2 is 2.45 bits per heavy atom. The number of likely N-dealkylation sites (N-methyl/N-ethyl adjacent to an activating group) is 1. The molecule has 5 heteroatoms. The first-order chi connectivity index (χ1) is 9.85. The highest BCUT2D eigenvalue weighted by Gasteiger charge is 2.30. The van der Waals surface area contributed by atoms with Gasteiger partial charge in [0, 0.05) is 17.3 Å². The van der Waals surface area contributed by atoms with Gasteiger partial charge in [0.25, 0.3) is 0 Å². The Kier molecular flexibility index (Phi) is 4.17. The predicted molar refractivity (Wildman–Crippen MR) is 82.1 cm³/mol. The van der Waals surface area contributed by atoms with Crippen molar-refractivity contribution in [2.75, 3.05) is 7.05 Å². The van der Waals surface area contributed by atoms with E-state index in [4.69, 9.17) is 0 Å². The fourth-order valence-corrected chi connectivity index (χ4v) is 4.31. The van der Waals surface area contributed by atoms with Gasteiger partial charge in [-0.3, -0.25) is 0 Å². The second-order valence-electron chi connectivity index (χ2n) is 5.45. The largest absolute Gasteiger partial charge is 0.311 e. The Morgan fingerprint density at radius 3 is 3.25 bits per heavy atom. The molecule has 2 heterocycles. The molecule has 20 heavy (non-hydrogen) atoms. The lowest BCUT2D eigenvalue weighted by Crippen LogP contribution is -2.28. The maximum Gasteiger partial charge on any atom is 0.0762 e. The zero-order chi connectivity index (χ0) is 13.9. The van der Waals surface area contributed by atoms with Crippen molar-refractivity contribution >= 4 is 11.3 Å². The molecule has 0 saturated heterocycles. The Balaban J connectivity index is 1.93. The molecule has 2 aromatic rings. The van der Waals surface area contributed by atoms with Gasteiger partial charge in [-0.1, -0.05) is 12.1 Å². The van der Waals surface area contributed by atoms with Crippen LogP contribution in [-0.4, -0.2) is 22.0 Å². The van der Waals surface area contributed by atoms with Gasteiger partial charge in [0.2, 0.25) is 0 Å². The van der Waals surface area contributed by atoms with Crippen LogP contribution in [0.25, 0.3) is 0 Å². The van der Waals surface area contributed by atoms with E-state index in [0.29, 0.717) is 12.0 Å². The Labute approximate surface area is 124 Å². The summed E-state index contributed by atoms with van der Waals surface area (Å²) in [4.78, 5) is 1.57. The number of hydrogen-bond acceptors (Lipinski definition) is 4. The van der Waals surface area contributed by atoms with E-state index in [-0.39, 0.29) is 0 Å². The molecule has 1 aliphatic carbocycles. The maximum absolute atomic E-state index is 4.24. The summed E-state index contributed by atoms with van der Waals surface area (Å²) < 4.78 is 2.06. The molecule has 0 fully saturated rings. The number of fused-ring (bicyclic) bond motifs is 1. The van der Waals surface area contributed by atoms with Gasteiger partial charge in [-0.05, 0) is 49.7 Å². The molecule has 0 aliphatic heterocycles.